The van der Waals surface area contributed by atoms with Gasteiger partial charge in [-0.2, -0.15) is 0 Å². The Morgan fingerprint density at radius 2 is 1.32 bits per heavy atom. The van der Waals surface area contributed by atoms with Crippen LogP contribution in [0.25, 0.3) is 0 Å². The van der Waals surface area contributed by atoms with E-state index in [1.54, 1.807) is 89.2 Å². The summed E-state index contributed by atoms with van der Waals surface area (Å²) in [5.41, 5.74) is -5.60. The maximum Gasteiger partial charge on any atom is 0.410 e. The van der Waals surface area contributed by atoms with E-state index >= 15 is 0 Å². The second-order valence-electron chi connectivity index (χ2n) is 25.6. The van der Waals surface area contributed by atoms with Gasteiger partial charge in [-0.1, -0.05) is 20.8 Å². The molecule has 2 heterocycles. The summed E-state index contributed by atoms with van der Waals surface area (Å²) in [6.07, 6.45) is -11.1. The molecule has 1 saturated carbocycles. The molecule has 2 aliphatic heterocycles. The van der Waals surface area contributed by atoms with Crippen molar-refractivity contribution in [2.75, 3.05) is 39.9 Å². The van der Waals surface area contributed by atoms with E-state index in [2.05, 4.69) is 60.4 Å². The zero-order valence-corrected chi connectivity index (χ0v) is 49.1. The molecule has 24 heteroatoms. The molecule has 0 aromatic carbocycles. The van der Waals surface area contributed by atoms with Crippen LogP contribution in [-0.2, 0) is 42.4 Å². The second-order valence-corrected chi connectivity index (χ2v) is 30.4. The van der Waals surface area contributed by atoms with Crippen molar-refractivity contribution in [2.24, 2.45) is 5.92 Å². The van der Waals surface area contributed by atoms with Crippen LogP contribution in [0.5, 0.6) is 0 Å². The molecule has 1 saturated heterocycles. The van der Waals surface area contributed by atoms with Gasteiger partial charge >= 0.3 is 24.4 Å². The summed E-state index contributed by atoms with van der Waals surface area (Å²) >= 11 is 0. The predicted octanol–water partition coefficient (Wildman–Crippen LogP) is 4.29. The van der Waals surface area contributed by atoms with Crippen LogP contribution >= 0.6 is 0 Å². The van der Waals surface area contributed by atoms with Gasteiger partial charge in [0.2, 0.25) is 0 Å². The van der Waals surface area contributed by atoms with E-state index in [1.165, 1.54) is 14.0 Å². The molecule has 434 valence electrons. The zero-order valence-electron chi connectivity index (χ0n) is 48.1. The van der Waals surface area contributed by atoms with Crippen LogP contribution in [0.1, 0.15) is 130 Å². The lowest BCUT2D eigenvalue weighted by Crippen LogP contribution is -2.71. The van der Waals surface area contributed by atoms with Crippen LogP contribution in [0.3, 0.4) is 0 Å². The first-order chi connectivity index (χ1) is 34.0. The van der Waals surface area contributed by atoms with E-state index in [0.29, 0.717) is 25.3 Å². The number of carbonyl (C=O) groups excluding carboxylic acids is 5. The van der Waals surface area contributed by atoms with Gasteiger partial charge < -0.3 is 89.5 Å². The molecule has 9 N–H and O–H groups in total. The van der Waals surface area contributed by atoms with Crippen LogP contribution < -0.4 is 26.6 Å². The summed E-state index contributed by atoms with van der Waals surface area (Å²) in [6, 6.07) is -4.84. The third-order valence-electron chi connectivity index (χ3n) is 12.9. The molecule has 3 rings (SSSR count). The van der Waals surface area contributed by atoms with E-state index in [-0.39, 0.29) is 24.4 Å². The second kappa shape index (κ2) is 25.6. The lowest BCUT2D eigenvalue weighted by atomic mass is 9.72. The van der Waals surface area contributed by atoms with E-state index in [9.17, 15) is 44.4 Å². The van der Waals surface area contributed by atoms with E-state index in [4.69, 9.17) is 37.6 Å². The fraction of sp³-hybridized carbons (Fsp3) is 0.863. The summed E-state index contributed by atoms with van der Waals surface area (Å²) in [7, 11) is -0.650. The smallest absolute Gasteiger partial charge is 0.410 e. The fourth-order valence-corrected chi connectivity index (χ4v) is 9.60. The van der Waals surface area contributed by atoms with Crippen LogP contribution in [0.4, 0.5) is 19.2 Å². The topological polar surface area (TPSA) is 304 Å². The van der Waals surface area contributed by atoms with Gasteiger partial charge in [-0.25, -0.2) is 19.2 Å². The quantitative estimate of drug-likeness (QED) is 0.0558. The van der Waals surface area contributed by atoms with Gasteiger partial charge in [-0.3, -0.25) is 4.79 Å². The molecule has 0 aromatic rings. The average molecular weight is 1090 g/mol. The number of hydrogen-bond donors (Lipinski definition) is 9. The highest BCUT2D eigenvalue weighted by atomic mass is 28.4. The maximum absolute atomic E-state index is 13.9. The van der Waals surface area contributed by atoms with Crippen molar-refractivity contribution in [3.63, 3.8) is 0 Å². The standard InChI is InChI=1S/C51H94N6O17Si/c1-46(2,3)71-42(62)53-27-33(58)40(61)54-32-25-31(56-44(64)73-48(7,8)9)34(35(59)38(32)70-41-36(60)39(51(16,66)28-67-41)57(17)45(65)74-49(10,11)12)37-30(55-43(63)72-47(4,5)6)22-21-29(69-37)26-52-23-20-24-68-75(18,19)50(13,14)15/h21,30-39,41,52,58-60,66H,20,22-28H2,1-19H3,(H,53,62)(H,54,61)(H,55,63)(H,56,64)/t30-,31+,32-,33+,34?,35+,36-,37+,38+,39-,41-,51+/m1/s1. The number of nitrogens with one attached hydrogen (secondary N) is 5. The first kappa shape index (κ1) is 65.3. The lowest BCUT2D eigenvalue weighted by Gasteiger charge is -2.52. The van der Waals surface area contributed by atoms with E-state index in [1.807, 2.05) is 0 Å². The summed E-state index contributed by atoms with van der Waals surface area (Å²) < 4.78 is 47.7. The number of aliphatic hydroxyl groups excluding tert-OH is 3. The molecular formula is C51H94N6O17Si. The SMILES string of the molecule is CN(C(=O)OC(C)(C)C)[C@@H]1[C@@H](O)[C@@H](O[C@H]2[C@H](NC(=O)[C@@H](O)CNC(=O)OC(C)(C)C)C[C@H](NC(=O)OC(C)(C)C)C([C@H]3OC(CNCCCO[Si](C)(C)C(C)(C)C)=CC[C@H]3NC(=O)OC(C)(C)C)[C@@H]2O)OC[C@]1(C)O. The third kappa shape index (κ3) is 20.7. The lowest BCUT2D eigenvalue weighted by molar-refractivity contribution is -0.305. The van der Waals surface area contributed by atoms with Crippen molar-refractivity contribution in [2.45, 2.75) is 237 Å². The molecule has 3 aliphatic rings. The first-order valence-electron chi connectivity index (χ1n) is 26.0. The van der Waals surface area contributed by atoms with Gasteiger partial charge in [0.1, 0.15) is 58.2 Å². The molecule has 23 nitrogen and oxygen atoms in total. The van der Waals surface area contributed by atoms with Crippen molar-refractivity contribution >= 4 is 38.6 Å². The van der Waals surface area contributed by atoms with Crippen LogP contribution in [-0.4, -0.2) is 193 Å². The maximum atomic E-state index is 13.9. The first-order valence-corrected chi connectivity index (χ1v) is 28.9. The highest BCUT2D eigenvalue weighted by molar-refractivity contribution is 6.74. The molecule has 0 aromatic heterocycles. The highest BCUT2D eigenvalue weighted by Crippen LogP contribution is 2.40. The Hall–Kier alpha value is -4.01. The molecule has 0 radical (unpaired) electrons. The molecule has 2 fully saturated rings. The Labute approximate surface area is 445 Å². The number of nitrogens with zero attached hydrogens (tertiary/aromatic N) is 1. The van der Waals surface area contributed by atoms with Gasteiger partial charge in [0, 0.05) is 25.6 Å². The molecule has 1 aliphatic carbocycles. The zero-order chi connectivity index (χ0) is 57.4. The largest absolute Gasteiger partial charge is 0.491 e. The Kier molecular flexibility index (Phi) is 22.3. The van der Waals surface area contributed by atoms with Crippen LogP contribution in [0.2, 0.25) is 18.1 Å². The normalized spacial score (nSPS) is 28.3. The fourth-order valence-electron chi connectivity index (χ4n) is 8.51. The molecule has 5 amide bonds. The number of hydrogen-bond acceptors (Lipinski definition) is 18. The molecule has 12 atom stereocenters. The van der Waals surface area contributed by atoms with Gasteiger partial charge in [0.15, 0.2) is 14.6 Å². The van der Waals surface area contributed by atoms with Crippen molar-refractivity contribution in [1.29, 1.82) is 0 Å². The minimum absolute atomic E-state index is 0.0442. The number of ether oxygens (including phenoxy) is 7. The highest BCUT2D eigenvalue weighted by Gasteiger charge is 2.57. The van der Waals surface area contributed by atoms with Gasteiger partial charge in [0.05, 0.1) is 43.9 Å². The number of aliphatic hydroxyl groups is 4. The Morgan fingerprint density at radius 1 is 0.787 bits per heavy atom. The summed E-state index contributed by atoms with van der Waals surface area (Å²) in [5.74, 6) is -1.82. The van der Waals surface area contributed by atoms with Crippen molar-refractivity contribution in [3.05, 3.63) is 11.8 Å². The Bertz CT molecular complexity index is 1960. The van der Waals surface area contributed by atoms with Crippen molar-refractivity contribution < 1.29 is 82.0 Å². The Balaban J connectivity index is 2.15. The molecule has 1 unspecified atom stereocenters. The summed E-state index contributed by atoms with van der Waals surface area (Å²) in [6.45, 7) is 32.5. The number of carbonyl (C=O) groups is 5. The predicted molar refractivity (Wildman–Crippen MR) is 280 cm³/mol. The monoisotopic (exact) mass is 1090 g/mol. The third-order valence-corrected chi connectivity index (χ3v) is 17.4. The number of likely N-dealkylation sites (N-methyl/N-ethyl adjacent to an activating group) is 1. The number of amides is 5. The minimum atomic E-state index is -1.98. The van der Waals surface area contributed by atoms with Gasteiger partial charge in [-0.15, -0.1) is 0 Å². The van der Waals surface area contributed by atoms with E-state index < -0.39 is 147 Å². The molecule has 0 spiro atoms. The number of alkyl carbamates (subject to hydrolysis) is 3. The van der Waals surface area contributed by atoms with Gasteiger partial charge in [-0.05, 0) is 140 Å². The van der Waals surface area contributed by atoms with Crippen LogP contribution in [0, 0.1) is 5.92 Å². The minimum Gasteiger partial charge on any atom is -0.491 e. The average Bonchev–Trinajstić information content (AvgIpc) is 3.20. The van der Waals surface area contributed by atoms with Crippen LogP contribution in [0.15, 0.2) is 11.8 Å². The van der Waals surface area contributed by atoms with E-state index in [0.717, 1.165) is 4.90 Å². The summed E-state index contributed by atoms with van der Waals surface area (Å²) in [5, 5.41) is 61.9. The molecular weight excluding hydrogens is 997 g/mol. The summed E-state index contributed by atoms with van der Waals surface area (Å²) in [4.78, 5) is 68.2. The number of rotatable bonds is 17. The molecule has 0 bridgehead atoms. The Morgan fingerprint density at radius 3 is 1.85 bits per heavy atom. The van der Waals surface area contributed by atoms with Crippen molar-refractivity contribution in [1.82, 2.24) is 31.5 Å². The van der Waals surface area contributed by atoms with Crippen molar-refractivity contribution in [3.8, 4) is 0 Å². The van der Waals surface area contributed by atoms with Gasteiger partial charge in [0.25, 0.3) is 5.91 Å². The molecule has 75 heavy (non-hydrogen) atoms.